The normalized spacial score (nSPS) is 10.4. The molecule has 4 nitrogen and oxygen atoms in total. The van der Waals surface area contributed by atoms with Crippen LogP contribution in [0.4, 0.5) is 0 Å². The Balaban J connectivity index is 2.32. The highest BCUT2D eigenvalue weighted by atomic mass is 79.9. The van der Waals surface area contributed by atoms with Gasteiger partial charge in [0.15, 0.2) is 0 Å². The minimum atomic E-state index is -0.175. The molecule has 0 fully saturated rings. The van der Waals surface area contributed by atoms with E-state index >= 15 is 0 Å². The molecular formula is C13H10Br2ClNO3. The molecule has 0 bridgehead atoms. The van der Waals surface area contributed by atoms with Gasteiger partial charge in [0, 0.05) is 17.8 Å². The van der Waals surface area contributed by atoms with E-state index in [1.54, 1.807) is 25.3 Å². The third kappa shape index (κ3) is 3.44. The van der Waals surface area contributed by atoms with Gasteiger partial charge in [-0.25, -0.2) is 4.98 Å². The number of aliphatic hydroxyl groups excluding tert-OH is 1. The van der Waals surface area contributed by atoms with Crippen LogP contribution in [0, 0.1) is 0 Å². The molecule has 106 valence electrons. The largest absolute Gasteiger partial charge is 0.496 e. The summed E-state index contributed by atoms with van der Waals surface area (Å²) in [5.74, 6) is 1.59. The van der Waals surface area contributed by atoms with Gasteiger partial charge in [-0.2, -0.15) is 0 Å². The van der Waals surface area contributed by atoms with Crippen molar-refractivity contribution in [3.05, 3.63) is 43.9 Å². The fourth-order valence-electron chi connectivity index (χ4n) is 1.49. The van der Waals surface area contributed by atoms with Crippen molar-refractivity contribution in [1.82, 2.24) is 4.98 Å². The van der Waals surface area contributed by atoms with E-state index in [1.165, 1.54) is 6.20 Å². The van der Waals surface area contributed by atoms with E-state index in [0.29, 0.717) is 28.0 Å². The Labute approximate surface area is 137 Å². The molecule has 0 aliphatic heterocycles. The zero-order valence-electron chi connectivity index (χ0n) is 10.4. The second-order valence-corrected chi connectivity index (χ2v) is 5.91. The number of methoxy groups -OCH3 is 1. The molecule has 7 heteroatoms. The summed E-state index contributed by atoms with van der Waals surface area (Å²) in [6.07, 6.45) is 1.44. The number of halogens is 3. The Hall–Kier alpha value is -0.820. The topological polar surface area (TPSA) is 51.6 Å². The fraction of sp³-hybridized carbons (Fsp3) is 0.154. The Morgan fingerprint density at radius 2 is 1.85 bits per heavy atom. The van der Waals surface area contributed by atoms with Crippen LogP contribution in [-0.4, -0.2) is 17.2 Å². The first-order chi connectivity index (χ1) is 9.55. The molecule has 0 aliphatic carbocycles. The number of nitrogens with zero attached hydrogens (tertiary/aromatic N) is 1. The molecule has 0 atom stereocenters. The summed E-state index contributed by atoms with van der Waals surface area (Å²) in [4.78, 5) is 4.06. The number of rotatable bonds is 4. The molecule has 20 heavy (non-hydrogen) atoms. The fourth-order valence-corrected chi connectivity index (χ4v) is 2.54. The van der Waals surface area contributed by atoms with Crippen molar-refractivity contribution in [2.45, 2.75) is 6.61 Å². The number of hydrogen-bond acceptors (Lipinski definition) is 4. The second-order valence-electron chi connectivity index (χ2n) is 3.79. The van der Waals surface area contributed by atoms with E-state index < -0.39 is 0 Å². The zero-order valence-corrected chi connectivity index (χ0v) is 14.3. The molecule has 0 amide bonds. The molecule has 0 spiro atoms. The molecule has 0 saturated carbocycles. The lowest BCUT2D eigenvalue weighted by atomic mass is 10.3. The Bertz CT molecular complexity index is 637. The summed E-state index contributed by atoms with van der Waals surface area (Å²) in [6, 6.07) is 5.13. The standard InChI is InChI=1S/C13H10Br2ClNO3/c1-19-11-3-9(15)12(4-8(11)14)20-13-2-7(6-18)10(16)5-17-13/h2-5,18H,6H2,1H3. The SMILES string of the molecule is COc1cc(Br)c(Oc2cc(CO)c(Cl)cn2)cc1Br. The average Bonchev–Trinajstić information content (AvgIpc) is 2.44. The summed E-state index contributed by atoms with van der Waals surface area (Å²) in [6.45, 7) is -0.175. The van der Waals surface area contributed by atoms with Crippen LogP contribution in [0.1, 0.15) is 5.56 Å². The molecule has 0 unspecified atom stereocenters. The summed E-state index contributed by atoms with van der Waals surface area (Å²) < 4.78 is 12.3. The highest BCUT2D eigenvalue weighted by Gasteiger charge is 2.11. The Kier molecular flexibility index (Phi) is 5.26. The minimum absolute atomic E-state index is 0.175. The average molecular weight is 423 g/mol. The minimum Gasteiger partial charge on any atom is -0.496 e. The highest BCUT2D eigenvalue weighted by molar-refractivity contribution is 9.11. The summed E-state index contributed by atoms with van der Waals surface area (Å²) in [7, 11) is 1.58. The smallest absolute Gasteiger partial charge is 0.219 e. The predicted octanol–water partition coefficient (Wildman–Crippen LogP) is 4.55. The van der Waals surface area contributed by atoms with Crippen LogP contribution in [0.5, 0.6) is 17.4 Å². The predicted molar refractivity (Wildman–Crippen MR) is 83.6 cm³/mol. The molecule has 0 radical (unpaired) electrons. The van der Waals surface area contributed by atoms with Crippen molar-refractivity contribution >= 4 is 43.5 Å². The highest BCUT2D eigenvalue weighted by Crippen LogP contribution is 2.38. The van der Waals surface area contributed by atoms with Gasteiger partial charge in [-0.15, -0.1) is 0 Å². The van der Waals surface area contributed by atoms with Crippen LogP contribution in [-0.2, 0) is 6.61 Å². The molecule has 2 rings (SSSR count). The van der Waals surface area contributed by atoms with Gasteiger partial charge in [0.05, 0.1) is 27.7 Å². The lowest BCUT2D eigenvalue weighted by Crippen LogP contribution is -1.94. The molecule has 1 aromatic carbocycles. The third-order valence-electron chi connectivity index (χ3n) is 2.50. The zero-order chi connectivity index (χ0) is 14.7. The number of benzene rings is 1. The van der Waals surface area contributed by atoms with Crippen molar-refractivity contribution < 1.29 is 14.6 Å². The molecule has 1 heterocycles. The van der Waals surface area contributed by atoms with E-state index in [4.69, 9.17) is 21.1 Å². The molecule has 1 N–H and O–H groups in total. The number of aromatic nitrogens is 1. The molecule has 2 aromatic rings. The van der Waals surface area contributed by atoms with Crippen molar-refractivity contribution in [3.63, 3.8) is 0 Å². The van der Waals surface area contributed by atoms with Crippen LogP contribution in [0.3, 0.4) is 0 Å². The van der Waals surface area contributed by atoms with E-state index in [2.05, 4.69) is 36.8 Å². The van der Waals surface area contributed by atoms with Gasteiger partial charge >= 0.3 is 0 Å². The van der Waals surface area contributed by atoms with Crippen LogP contribution in [0.25, 0.3) is 0 Å². The third-order valence-corrected chi connectivity index (χ3v) is 4.08. The van der Waals surface area contributed by atoms with Crippen molar-refractivity contribution in [1.29, 1.82) is 0 Å². The van der Waals surface area contributed by atoms with Crippen LogP contribution < -0.4 is 9.47 Å². The van der Waals surface area contributed by atoms with Gasteiger partial charge in [-0.3, -0.25) is 0 Å². The van der Waals surface area contributed by atoms with Crippen LogP contribution >= 0.6 is 43.5 Å². The van der Waals surface area contributed by atoms with E-state index in [9.17, 15) is 5.11 Å². The maximum Gasteiger partial charge on any atom is 0.219 e. The van der Waals surface area contributed by atoms with Crippen molar-refractivity contribution in [2.24, 2.45) is 0 Å². The molecular weight excluding hydrogens is 413 g/mol. The van der Waals surface area contributed by atoms with Gasteiger partial charge in [-0.05, 0) is 44.0 Å². The first-order valence-electron chi connectivity index (χ1n) is 5.51. The maximum atomic E-state index is 9.17. The Morgan fingerprint density at radius 1 is 1.20 bits per heavy atom. The van der Waals surface area contributed by atoms with Gasteiger partial charge in [0.1, 0.15) is 11.5 Å². The summed E-state index contributed by atoms with van der Waals surface area (Å²) in [5.41, 5.74) is 0.556. The monoisotopic (exact) mass is 421 g/mol. The summed E-state index contributed by atoms with van der Waals surface area (Å²) in [5, 5.41) is 9.57. The number of pyridine rings is 1. The van der Waals surface area contributed by atoms with Crippen molar-refractivity contribution in [2.75, 3.05) is 7.11 Å². The molecule has 1 aromatic heterocycles. The van der Waals surface area contributed by atoms with Gasteiger partial charge < -0.3 is 14.6 Å². The molecule has 0 aliphatic rings. The van der Waals surface area contributed by atoms with Crippen molar-refractivity contribution in [3.8, 4) is 17.4 Å². The maximum absolute atomic E-state index is 9.17. The quantitative estimate of drug-likeness (QED) is 0.784. The van der Waals surface area contributed by atoms with Gasteiger partial charge in [0.2, 0.25) is 5.88 Å². The Morgan fingerprint density at radius 3 is 2.50 bits per heavy atom. The lowest BCUT2D eigenvalue weighted by Gasteiger charge is -2.11. The van der Waals surface area contributed by atoms with Gasteiger partial charge in [-0.1, -0.05) is 11.6 Å². The number of ether oxygens (including phenoxy) is 2. The summed E-state index contributed by atoms with van der Waals surface area (Å²) >= 11 is 12.7. The first kappa shape index (κ1) is 15.6. The molecule has 0 saturated heterocycles. The van der Waals surface area contributed by atoms with Gasteiger partial charge in [0.25, 0.3) is 0 Å². The first-order valence-corrected chi connectivity index (χ1v) is 7.47. The number of hydrogen-bond donors (Lipinski definition) is 1. The van der Waals surface area contributed by atoms with E-state index in [1.807, 2.05) is 0 Å². The van der Waals surface area contributed by atoms with Crippen LogP contribution in [0.2, 0.25) is 5.02 Å². The lowest BCUT2D eigenvalue weighted by molar-refractivity contribution is 0.281. The van der Waals surface area contributed by atoms with E-state index in [-0.39, 0.29) is 6.61 Å². The van der Waals surface area contributed by atoms with Crippen LogP contribution in [0.15, 0.2) is 33.3 Å². The second kappa shape index (κ2) is 6.76. The van der Waals surface area contributed by atoms with E-state index in [0.717, 1.165) is 8.95 Å². The number of aliphatic hydroxyl groups is 1.